The van der Waals surface area contributed by atoms with Crippen molar-refractivity contribution in [3.8, 4) is 0 Å². The van der Waals surface area contributed by atoms with Crippen LogP contribution in [0.3, 0.4) is 0 Å². The Kier molecular flexibility index (Phi) is 4.62. The number of fused-ring (bicyclic) bond motifs is 1. The number of piperazine rings is 1. The van der Waals surface area contributed by atoms with Gasteiger partial charge in [-0.05, 0) is 38.8 Å². The van der Waals surface area contributed by atoms with E-state index in [1.54, 1.807) is 0 Å². The largest absolute Gasteiger partial charge is 0.337 e. The Morgan fingerprint density at radius 2 is 2.17 bits per heavy atom. The minimum atomic E-state index is 0.297. The fourth-order valence-corrected chi connectivity index (χ4v) is 3.20. The molecule has 0 aromatic carbocycles. The van der Waals surface area contributed by atoms with E-state index in [9.17, 15) is 4.79 Å². The van der Waals surface area contributed by atoms with Gasteiger partial charge in [0.1, 0.15) is 0 Å². The van der Waals surface area contributed by atoms with Gasteiger partial charge in [0.25, 0.3) is 0 Å². The number of carbonyl (C=O) groups is 1. The average molecular weight is 253 g/mol. The minimum absolute atomic E-state index is 0.297. The SMILES string of the molecule is CC(CN)CC(=O)N1CC2CCCCN2CC1C. The maximum absolute atomic E-state index is 12.3. The molecule has 2 fully saturated rings. The van der Waals surface area contributed by atoms with Gasteiger partial charge in [-0.3, -0.25) is 9.69 Å². The van der Waals surface area contributed by atoms with Crippen molar-refractivity contribution in [1.29, 1.82) is 0 Å². The molecule has 2 aliphatic rings. The lowest BCUT2D eigenvalue weighted by Crippen LogP contribution is -2.60. The summed E-state index contributed by atoms with van der Waals surface area (Å²) < 4.78 is 0. The van der Waals surface area contributed by atoms with Crippen LogP contribution in [0.4, 0.5) is 0 Å². The highest BCUT2D eigenvalue weighted by Gasteiger charge is 2.35. The van der Waals surface area contributed by atoms with Crippen molar-refractivity contribution in [2.45, 2.75) is 51.6 Å². The number of carbonyl (C=O) groups excluding carboxylic acids is 1. The van der Waals surface area contributed by atoms with Crippen molar-refractivity contribution in [2.75, 3.05) is 26.2 Å². The lowest BCUT2D eigenvalue weighted by Gasteiger charge is -2.47. The molecule has 2 N–H and O–H groups in total. The van der Waals surface area contributed by atoms with E-state index in [0.29, 0.717) is 36.9 Å². The molecule has 104 valence electrons. The quantitative estimate of drug-likeness (QED) is 0.818. The normalized spacial score (nSPS) is 30.9. The summed E-state index contributed by atoms with van der Waals surface area (Å²) >= 11 is 0. The molecule has 2 rings (SSSR count). The molecule has 0 saturated carbocycles. The van der Waals surface area contributed by atoms with E-state index in [2.05, 4.69) is 23.6 Å². The van der Waals surface area contributed by atoms with Crippen molar-refractivity contribution in [3.63, 3.8) is 0 Å². The average Bonchev–Trinajstić information content (AvgIpc) is 2.37. The zero-order chi connectivity index (χ0) is 13.1. The Hall–Kier alpha value is -0.610. The molecule has 0 aromatic rings. The molecular weight excluding hydrogens is 226 g/mol. The van der Waals surface area contributed by atoms with Crippen LogP contribution in [0.1, 0.15) is 39.5 Å². The summed E-state index contributed by atoms with van der Waals surface area (Å²) in [7, 11) is 0. The van der Waals surface area contributed by atoms with E-state index in [4.69, 9.17) is 5.73 Å². The molecule has 18 heavy (non-hydrogen) atoms. The fourth-order valence-electron chi connectivity index (χ4n) is 3.20. The van der Waals surface area contributed by atoms with Crippen molar-refractivity contribution in [1.82, 2.24) is 9.80 Å². The summed E-state index contributed by atoms with van der Waals surface area (Å²) in [6, 6.07) is 0.962. The number of hydrogen-bond acceptors (Lipinski definition) is 3. The topological polar surface area (TPSA) is 49.6 Å². The second-order valence-electron chi connectivity index (χ2n) is 6.08. The van der Waals surface area contributed by atoms with Gasteiger partial charge in [0.2, 0.25) is 5.91 Å². The zero-order valence-electron chi connectivity index (χ0n) is 11.8. The van der Waals surface area contributed by atoms with Crippen LogP contribution in [0, 0.1) is 5.92 Å². The second-order valence-corrected chi connectivity index (χ2v) is 6.08. The van der Waals surface area contributed by atoms with Crippen LogP contribution in [-0.4, -0.2) is 54.0 Å². The van der Waals surface area contributed by atoms with E-state index in [1.165, 1.54) is 25.8 Å². The molecule has 0 bridgehead atoms. The van der Waals surface area contributed by atoms with Gasteiger partial charge in [-0.1, -0.05) is 13.3 Å². The third kappa shape index (κ3) is 3.04. The first-order valence-corrected chi connectivity index (χ1v) is 7.35. The van der Waals surface area contributed by atoms with Crippen molar-refractivity contribution >= 4 is 5.91 Å². The molecule has 0 aliphatic carbocycles. The highest BCUT2D eigenvalue weighted by molar-refractivity contribution is 5.77. The van der Waals surface area contributed by atoms with Gasteiger partial charge >= 0.3 is 0 Å². The third-order valence-corrected chi connectivity index (χ3v) is 4.43. The van der Waals surface area contributed by atoms with Crippen LogP contribution in [-0.2, 0) is 4.79 Å². The minimum Gasteiger partial charge on any atom is -0.337 e. The number of nitrogens with zero attached hydrogens (tertiary/aromatic N) is 2. The van der Waals surface area contributed by atoms with Gasteiger partial charge in [-0.25, -0.2) is 0 Å². The van der Waals surface area contributed by atoms with Gasteiger partial charge in [0.15, 0.2) is 0 Å². The molecule has 0 aromatic heterocycles. The van der Waals surface area contributed by atoms with Crippen LogP contribution in [0.25, 0.3) is 0 Å². The van der Waals surface area contributed by atoms with Gasteiger partial charge in [-0.2, -0.15) is 0 Å². The number of piperidine rings is 1. The summed E-state index contributed by atoms with van der Waals surface area (Å²) in [6.45, 7) is 8.03. The van der Waals surface area contributed by atoms with Gasteiger partial charge in [-0.15, -0.1) is 0 Å². The molecule has 4 nitrogen and oxygen atoms in total. The Balaban J connectivity index is 1.94. The van der Waals surface area contributed by atoms with E-state index in [0.717, 1.165) is 13.1 Å². The highest BCUT2D eigenvalue weighted by atomic mass is 16.2. The molecule has 0 radical (unpaired) electrons. The van der Waals surface area contributed by atoms with E-state index >= 15 is 0 Å². The summed E-state index contributed by atoms with van der Waals surface area (Å²) in [5.41, 5.74) is 5.61. The molecule has 2 heterocycles. The van der Waals surface area contributed by atoms with Crippen LogP contribution in [0.2, 0.25) is 0 Å². The zero-order valence-corrected chi connectivity index (χ0v) is 11.8. The van der Waals surface area contributed by atoms with Gasteiger partial charge < -0.3 is 10.6 Å². The van der Waals surface area contributed by atoms with Crippen molar-refractivity contribution < 1.29 is 4.79 Å². The lowest BCUT2D eigenvalue weighted by atomic mass is 9.96. The number of nitrogens with two attached hydrogens (primary N) is 1. The summed E-state index contributed by atoms with van der Waals surface area (Å²) in [4.78, 5) is 17.0. The highest BCUT2D eigenvalue weighted by Crippen LogP contribution is 2.24. The lowest BCUT2D eigenvalue weighted by molar-refractivity contribution is -0.138. The summed E-state index contributed by atoms with van der Waals surface area (Å²) in [5.74, 6) is 0.597. The fraction of sp³-hybridized carbons (Fsp3) is 0.929. The molecule has 4 heteroatoms. The predicted molar refractivity (Wildman–Crippen MR) is 73.2 cm³/mol. The number of amides is 1. The number of rotatable bonds is 3. The Morgan fingerprint density at radius 1 is 1.39 bits per heavy atom. The first-order valence-electron chi connectivity index (χ1n) is 7.35. The Labute approximate surface area is 110 Å². The summed E-state index contributed by atoms with van der Waals surface area (Å²) in [5, 5.41) is 0. The maximum Gasteiger partial charge on any atom is 0.223 e. The van der Waals surface area contributed by atoms with Crippen molar-refractivity contribution in [2.24, 2.45) is 11.7 Å². The molecule has 2 aliphatic heterocycles. The molecule has 0 spiro atoms. The first-order chi connectivity index (χ1) is 8.61. The van der Waals surface area contributed by atoms with Crippen LogP contribution >= 0.6 is 0 Å². The summed E-state index contributed by atoms with van der Waals surface area (Å²) in [6.07, 6.45) is 4.49. The van der Waals surface area contributed by atoms with Gasteiger partial charge in [0, 0.05) is 31.6 Å². The van der Waals surface area contributed by atoms with E-state index in [1.807, 2.05) is 0 Å². The number of hydrogen-bond donors (Lipinski definition) is 1. The molecule has 1 amide bonds. The van der Waals surface area contributed by atoms with Crippen molar-refractivity contribution in [3.05, 3.63) is 0 Å². The second kappa shape index (κ2) is 6.02. The Bertz CT molecular complexity index is 295. The molecular formula is C14H27N3O. The van der Waals surface area contributed by atoms with Crippen LogP contribution < -0.4 is 5.73 Å². The first kappa shape index (κ1) is 13.8. The standard InChI is InChI=1S/C14H27N3O/c1-11(8-15)7-14(18)17-10-13-5-3-4-6-16(13)9-12(17)2/h11-13H,3-10,15H2,1-2H3. The molecule has 2 saturated heterocycles. The van der Waals surface area contributed by atoms with E-state index in [-0.39, 0.29) is 0 Å². The third-order valence-electron chi connectivity index (χ3n) is 4.43. The molecule has 3 unspecified atom stereocenters. The monoisotopic (exact) mass is 253 g/mol. The van der Waals surface area contributed by atoms with Gasteiger partial charge in [0.05, 0.1) is 0 Å². The van der Waals surface area contributed by atoms with Crippen LogP contribution in [0.15, 0.2) is 0 Å². The predicted octanol–water partition coefficient (Wildman–Crippen LogP) is 1.06. The smallest absolute Gasteiger partial charge is 0.223 e. The Morgan fingerprint density at radius 3 is 2.89 bits per heavy atom. The maximum atomic E-state index is 12.3. The van der Waals surface area contributed by atoms with E-state index < -0.39 is 0 Å². The van der Waals surface area contributed by atoms with Crippen LogP contribution in [0.5, 0.6) is 0 Å². The molecule has 3 atom stereocenters.